The van der Waals surface area contributed by atoms with Crippen LogP contribution < -0.4 is 9.88 Å². The number of aliphatic hydroxyl groups is 1. The fourth-order valence-corrected chi connectivity index (χ4v) is 4.25. The van der Waals surface area contributed by atoms with E-state index in [-0.39, 0.29) is 24.3 Å². The molecule has 34 heavy (non-hydrogen) atoms. The number of aliphatic hydroxyl groups excluding tert-OH is 1. The molecule has 0 spiro atoms. The van der Waals surface area contributed by atoms with E-state index in [1.165, 1.54) is 29.3 Å². The number of hydrogen-bond acceptors (Lipinski definition) is 5. The van der Waals surface area contributed by atoms with Crippen LogP contribution in [0.1, 0.15) is 54.9 Å². The lowest BCUT2D eigenvalue weighted by atomic mass is 9.87. The number of nitrogens with one attached hydrogen (secondary N) is 1. The summed E-state index contributed by atoms with van der Waals surface area (Å²) in [5, 5.41) is 21.0. The zero-order valence-corrected chi connectivity index (χ0v) is 19.5. The van der Waals surface area contributed by atoms with E-state index in [0.29, 0.717) is 6.54 Å². The van der Waals surface area contributed by atoms with Gasteiger partial charge in [0.05, 0.1) is 6.10 Å². The number of likely N-dealkylation sites (tertiary alicyclic amines) is 1. The molecule has 0 aliphatic carbocycles. The molecular formula is C25H32N3O6+. The van der Waals surface area contributed by atoms with Crippen molar-refractivity contribution in [1.82, 2.24) is 10.2 Å². The summed E-state index contributed by atoms with van der Waals surface area (Å²) in [4.78, 5) is 38.4. The maximum atomic E-state index is 12.9. The molecule has 0 unspecified atom stereocenters. The Morgan fingerprint density at radius 1 is 1.15 bits per heavy atom. The summed E-state index contributed by atoms with van der Waals surface area (Å²) in [7, 11) is 0. The van der Waals surface area contributed by atoms with Crippen LogP contribution >= 0.6 is 0 Å². The van der Waals surface area contributed by atoms with Crippen LogP contribution in [-0.2, 0) is 16.3 Å². The van der Waals surface area contributed by atoms with Crippen LogP contribution in [-0.4, -0.2) is 57.8 Å². The van der Waals surface area contributed by atoms with Gasteiger partial charge in [-0.3, -0.25) is 4.79 Å². The van der Waals surface area contributed by atoms with Gasteiger partial charge in [0, 0.05) is 24.6 Å². The fraction of sp³-hybridized carbons (Fsp3) is 0.440. The topological polar surface area (TPSA) is 120 Å². The number of carbonyl (C=O) groups excluding carboxylic acids is 2. The van der Waals surface area contributed by atoms with Gasteiger partial charge < -0.3 is 25.2 Å². The second-order valence-corrected chi connectivity index (χ2v) is 8.63. The summed E-state index contributed by atoms with van der Waals surface area (Å²) in [6.45, 7) is 3.95. The van der Waals surface area contributed by atoms with Crippen molar-refractivity contribution in [3.63, 3.8) is 0 Å². The van der Waals surface area contributed by atoms with Crippen LogP contribution in [0, 0.1) is 0 Å². The molecule has 1 fully saturated rings. The maximum Gasteiger partial charge on any atom is 0.414 e. The first-order valence-electron chi connectivity index (χ1n) is 11.5. The molecule has 9 heteroatoms. The molecular weight excluding hydrogens is 438 g/mol. The van der Waals surface area contributed by atoms with Crippen molar-refractivity contribution in [3.8, 4) is 0 Å². The lowest BCUT2D eigenvalue weighted by Gasteiger charge is -2.38. The van der Waals surface area contributed by atoms with Gasteiger partial charge in [-0.25, -0.2) is 9.59 Å². The number of rotatable bonds is 8. The second kappa shape index (κ2) is 11.6. The van der Waals surface area contributed by atoms with Crippen LogP contribution in [0.4, 0.5) is 4.79 Å². The predicted octanol–water partition coefficient (Wildman–Crippen LogP) is 2.29. The number of amides is 2. The summed E-state index contributed by atoms with van der Waals surface area (Å²) in [5.74, 6) is -1.81. The van der Waals surface area contributed by atoms with E-state index in [1.807, 2.05) is 18.2 Å². The van der Waals surface area contributed by atoms with Gasteiger partial charge in [0.15, 0.2) is 18.4 Å². The molecule has 1 aliphatic rings. The smallest absolute Gasteiger partial charge is 0.414 e. The summed E-state index contributed by atoms with van der Waals surface area (Å²) >= 11 is 0. The molecule has 0 saturated carbocycles. The fourth-order valence-electron chi connectivity index (χ4n) is 4.25. The maximum absolute atomic E-state index is 12.9. The number of carbonyl (C=O) groups is 3. The summed E-state index contributed by atoms with van der Waals surface area (Å²) in [6, 6.07) is 11.8. The van der Waals surface area contributed by atoms with Crippen molar-refractivity contribution >= 4 is 18.0 Å². The number of piperidine rings is 1. The van der Waals surface area contributed by atoms with E-state index in [0.717, 1.165) is 19.3 Å². The van der Waals surface area contributed by atoms with Crippen LogP contribution in [0.5, 0.6) is 0 Å². The first-order valence-corrected chi connectivity index (χ1v) is 11.5. The zero-order valence-electron chi connectivity index (χ0n) is 19.5. The Morgan fingerprint density at radius 3 is 2.56 bits per heavy atom. The van der Waals surface area contributed by atoms with Crippen molar-refractivity contribution in [3.05, 3.63) is 66.0 Å². The Labute approximate surface area is 199 Å². The van der Waals surface area contributed by atoms with Crippen molar-refractivity contribution in [2.24, 2.45) is 0 Å². The third-order valence-corrected chi connectivity index (χ3v) is 6.18. The minimum absolute atomic E-state index is 0.0409. The van der Waals surface area contributed by atoms with Crippen molar-refractivity contribution in [1.29, 1.82) is 0 Å². The normalized spacial score (nSPS) is 18.4. The Bertz CT molecular complexity index is 997. The lowest BCUT2D eigenvalue weighted by Crippen LogP contribution is -2.49. The van der Waals surface area contributed by atoms with Gasteiger partial charge in [-0.2, -0.15) is 4.57 Å². The first-order chi connectivity index (χ1) is 16.3. The third-order valence-electron chi connectivity index (χ3n) is 6.18. The van der Waals surface area contributed by atoms with Crippen molar-refractivity contribution in [2.75, 3.05) is 6.54 Å². The van der Waals surface area contributed by atoms with E-state index >= 15 is 0 Å². The average molecular weight is 471 g/mol. The predicted molar refractivity (Wildman–Crippen MR) is 123 cm³/mol. The molecule has 2 heterocycles. The van der Waals surface area contributed by atoms with Crippen LogP contribution in [0.25, 0.3) is 0 Å². The summed E-state index contributed by atoms with van der Waals surface area (Å²) in [6.07, 6.45) is 4.33. The number of nitrogens with zero attached hydrogens (tertiary/aromatic N) is 2. The largest absolute Gasteiger partial charge is 0.480 e. The van der Waals surface area contributed by atoms with Crippen molar-refractivity contribution in [2.45, 2.75) is 63.9 Å². The van der Waals surface area contributed by atoms with E-state index < -0.39 is 30.1 Å². The van der Waals surface area contributed by atoms with Gasteiger partial charge in [0.2, 0.25) is 0 Å². The Kier molecular flexibility index (Phi) is 8.59. The van der Waals surface area contributed by atoms with Crippen LogP contribution in [0.3, 0.4) is 0 Å². The van der Waals surface area contributed by atoms with E-state index in [4.69, 9.17) is 9.84 Å². The van der Waals surface area contributed by atoms with Gasteiger partial charge in [-0.05, 0) is 37.8 Å². The molecule has 0 radical (unpaired) electrons. The molecule has 3 N–H and O–H groups in total. The molecule has 1 aromatic carbocycles. The molecule has 1 aliphatic heterocycles. The summed E-state index contributed by atoms with van der Waals surface area (Å²) < 4.78 is 7.09. The number of carboxylic acids is 1. The molecule has 4 atom stereocenters. The molecule has 182 valence electrons. The Hall–Kier alpha value is -3.46. The average Bonchev–Trinajstić information content (AvgIpc) is 2.85. The minimum Gasteiger partial charge on any atom is -0.480 e. The zero-order chi connectivity index (χ0) is 24.7. The number of benzene rings is 1. The minimum atomic E-state index is -1.43. The third kappa shape index (κ3) is 6.32. The molecule has 9 nitrogen and oxygen atoms in total. The SMILES string of the molecule is C[C@H](c1ccccc1)[C@H]1CCCCN1C(=O)OC[n+]1cccc(C(=O)N[C@H](C(=O)O)[C@@H](C)O)c1. The van der Waals surface area contributed by atoms with E-state index in [9.17, 15) is 19.5 Å². The quantitative estimate of drug-likeness (QED) is 0.509. The Morgan fingerprint density at radius 2 is 1.88 bits per heavy atom. The highest BCUT2D eigenvalue weighted by molar-refractivity contribution is 5.96. The molecule has 3 rings (SSSR count). The number of pyridine rings is 1. The van der Waals surface area contributed by atoms with E-state index in [2.05, 4.69) is 24.4 Å². The highest BCUT2D eigenvalue weighted by atomic mass is 16.6. The van der Waals surface area contributed by atoms with E-state index in [1.54, 1.807) is 17.2 Å². The molecule has 2 aromatic rings. The first kappa shape index (κ1) is 25.2. The monoisotopic (exact) mass is 470 g/mol. The van der Waals surface area contributed by atoms with Crippen molar-refractivity contribution < 1.29 is 33.9 Å². The number of aromatic nitrogens is 1. The second-order valence-electron chi connectivity index (χ2n) is 8.63. The lowest BCUT2D eigenvalue weighted by molar-refractivity contribution is -0.727. The van der Waals surface area contributed by atoms with Crippen LogP contribution in [0.2, 0.25) is 0 Å². The van der Waals surface area contributed by atoms with Gasteiger partial charge in [0.1, 0.15) is 5.56 Å². The van der Waals surface area contributed by atoms with Gasteiger partial charge in [-0.1, -0.05) is 37.3 Å². The molecule has 0 bridgehead atoms. The summed E-state index contributed by atoms with van der Waals surface area (Å²) in [5.41, 5.74) is 1.36. The molecule has 1 saturated heterocycles. The number of hydrogen-bond donors (Lipinski definition) is 3. The van der Waals surface area contributed by atoms with Gasteiger partial charge in [-0.15, -0.1) is 0 Å². The molecule has 1 aromatic heterocycles. The van der Waals surface area contributed by atoms with Gasteiger partial charge in [0.25, 0.3) is 12.6 Å². The number of aliphatic carboxylic acids is 1. The Balaban J connectivity index is 1.63. The number of ether oxygens (including phenoxy) is 1. The van der Waals surface area contributed by atoms with Gasteiger partial charge >= 0.3 is 12.1 Å². The number of carboxylic acid groups (broad SMARTS) is 1. The highest BCUT2D eigenvalue weighted by Crippen LogP contribution is 2.30. The highest BCUT2D eigenvalue weighted by Gasteiger charge is 2.33. The molecule has 2 amide bonds. The standard InChI is InChI=1S/C25H31N3O6/c1-17(19-9-4-3-5-10-19)21-12-6-7-14-28(21)25(33)34-16-27-13-8-11-20(15-27)23(30)26-22(18(2)29)24(31)32/h3-5,8-11,13,15,17-18,21-22,29H,6-7,12,14,16H2,1-2H3,(H-,26,30,31,32)/p+1/t17-,18-,21-,22+/m1/s1. The van der Waals surface area contributed by atoms with Crippen LogP contribution in [0.15, 0.2) is 54.9 Å².